The summed E-state index contributed by atoms with van der Waals surface area (Å²) in [7, 11) is 0. The van der Waals surface area contributed by atoms with Gasteiger partial charge < -0.3 is 9.47 Å². The Morgan fingerprint density at radius 3 is 2.71 bits per heavy atom. The zero-order valence-electron chi connectivity index (χ0n) is 9.54. The van der Waals surface area contributed by atoms with E-state index in [9.17, 15) is 4.79 Å². The van der Waals surface area contributed by atoms with E-state index in [1.165, 1.54) is 0 Å². The lowest BCUT2D eigenvalue weighted by atomic mass is 10.2. The van der Waals surface area contributed by atoms with Gasteiger partial charge in [-0.1, -0.05) is 30.3 Å². The number of benzene rings is 1. The first-order chi connectivity index (χ1) is 8.31. The van der Waals surface area contributed by atoms with Gasteiger partial charge in [0.05, 0.1) is 18.8 Å². The zero-order valence-corrected chi connectivity index (χ0v) is 9.54. The van der Waals surface area contributed by atoms with Crippen LogP contribution in [0.4, 0.5) is 0 Å². The van der Waals surface area contributed by atoms with Crippen LogP contribution in [0.3, 0.4) is 0 Å². The van der Waals surface area contributed by atoms with Crippen LogP contribution < -0.4 is 0 Å². The van der Waals surface area contributed by atoms with E-state index in [0.717, 1.165) is 18.7 Å². The van der Waals surface area contributed by atoms with Crippen LogP contribution in [0.1, 0.15) is 5.56 Å². The minimum Gasteiger partial charge on any atom is -0.460 e. The summed E-state index contributed by atoms with van der Waals surface area (Å²) in [6, 6.07) is 9.73. The van der Waals surface area contributed by atoms with Crippen molar-refractivity contribution in [1.82, 2.24) is 4.90 Å². The first-order valence-corrected chi connectivity index (χ1v) is 5.88. The quantitative estimate of drug-likeness (QED) is 0.570. The SMILES string of the molecule is O=C(CN1CC2OC2C1)OCc1ccccc1. The normalized spacial score (nSPS) is 26.6. The first-order valence-electron chi connectivity index (χ1n) is 5.88. The first kappa shape index (κ1) is 10.7. The van der Waals surface area contributed by atoms with Crippen molar-refractivity contribution in [2.45, 2.75) is 18.8 Å². The number of rotatable bonds is 4. The van der Waals surface area contributed by atoms with Gasteiger partial charge in [0.1, 0.15) is 6.61 Å². The maximum absolute atomic E-state index is 11.6. The fraction of sp³-hybridized carbons (Fsp3) is 0.462. The van der Waals surface area contributed by atoms with Gasteiger partial charge in [-0.25, -0.2) is 0 Å². The molecule has 1 aromatic carbocycles. The topological polar surface area (TPSA) is 42.1 Å². The highest BCUT2D eigenvalue weighted by atomic mass is 16.6. The van der Waals surface area contributed by atoms with E-state index < -0.39 is 0 Å². The number of ether oxygens (including phenoxy) is 2. The van der Waals surface area contributed by atoms with Crippen molar-refractivity contribution in [2.24, 2.45) is 0 Å². The smallest absolute Gasteiger partial charge is 0.320 e. The van der Waals surface area contributed by atoms with Crippen molar-refractivity contribution in [1.29, 1.82) is 0 Å². The van der Waals surface area contributed by atoms with Crippen molar-refractivity contribution >= 4 is 5.97 Å². The average Bonchev–Trinajstić information content (AvgIpc) is 2.96. The van der Waals surface area contributed by atoms with E-state index in [4.69, 9.17) is 9.47 Å². The van der Waals surface area contributed by atoms with Crippen LogP contribution in [0.5, 0.6) is 0 Å². The van der Waals surface area contributed by atoms with Gasteiger partial charge in [-0.3, -0.25) is 9.69 Å². The monoisotopic (exact) mass is 233 g/mol. The third-order valence-corrected chi connectivity index (χ3v) is 3.16. The summed E-state index contributed by atoms with van der Waals surface area (Å²) < 4.78 is 10.5. The van der Waals surface area contributed by atoms with Gasteiger partial charge >= 0.3 is 5.97 Å². The molecule has 2 aliphatic heterocycles. The van der Waals surface area contributed by atoms with Gasteiger partial charge in [0.15, 0.2) is 0 Å². The fourth-order valence-electron chi connectivity index (χ4n) is 2.18. The molecule has 2 aliphatic rings. The number of morpholine rings is 1. The molecule has 2 saturated heterocycles. The van der Waals surface area contributed by atoms with Gasteiger partial charge in [-0.2, -0.15) is 0 Å². The lowest BCUT2D eigenvalue weighted by Crippen LogP contribution is -2.31. The molecule has 0 aliphatic carbocycles. The Balaban J connectivity index is 1.41. The van der Waals surface area contributed by atoms with E-state index in [1.807, 2.05) is 30.3 Å². The van der Waals surface area contributed by atoms with Gasteiger partial charge in [-0.15, -0.1) is 0 Å². The summed E-state index contributed by atoms with van der Waals surface area (Å²) in [6.45, 7) is 2.47. The van der Waals surface area contributed by atoms with Crippen LogP contribution in [0, 0.1) is 0 Å². The Labute approximate surface area is 100 Å². The number of carbonyl (C=O) groups excluding carboxylic acids is 1. The lowest BCUT2D eigenvalue weighted by Gasteiger charge is -2.15. The summed E-state index contributed by atoms with van der Waals surface area (Å²) in [6.07, 6.45) is 0.744. The molecule has 2 heterocycles. The molecule has 0 aromatic heterocycles. The number of carbonyl (C=O) groups is 1. The second-order valence-electron chi connectivity index (χ2n) is 4.55. The van der Waals surface area contributed by atoms with Crippen LogP contribution in [-0.2, 0) is 20.9 Å². The van der Waals surface area contributed by atoms with Crippen LogP contribution in [-0.4, -0.2) is 42.7 Å². The summed E-state index contributed by atoms with van der Waals surface area (Å²) in [5.74, 6) is -0.157. The molecule has 4 nitrogen and oxygen atoms in total. The molecule has 0 bridgehead atoms. The van der Waals surface area contributed by atoms with E-state index in [-0.39, 0.29) is 5.97 Å². The van der Waals surface area contributed by atoms with Gasteiger partial charge in [0, 0.05) is 13.1 Å². The van der Waals surface area contributed by atoms with E-state index in [1.54, 1.807) is 0 Å². The molecule has 4 heteroatoms. The standard InChI is InChI=1S/C13H15NO3/c15-13(8-14-6-11-12(7-14)17-11)16-9-10-4-2-1-3-5-10/h1-5,11-12H,6-9H2. The number of hydrogen-bond acceptors (Lipinski definition) is 4. The molecule has 2 unspecified atom stereocenters. The van der Waals surface area contributed by atoms with Gasteiger partial charge in [0.25, 0.3) is 0 Å². The largest absolute Gasteiger partial charge is 0.460 e. The zero-order chi connectivity index (χ0) is 11.7. The van der Waals surface area contributed by atoms with Gasteiger partial charge in [-0.05, 0) is 5.56 Å². The molecule has 2 atom stereocenters. The number of epoxide rings is 1. The molecule has 0 radical (unpaired) electrons. The number of fused-ring (bicyclic) bond motifs is 1. The molecule has 17 heavy (non-hydrogen) atoms. The fourth-order valence-corrected chi connectivity index (χ4v) is 2.18. The number of esters is 1. The Morgan fingerprint density at radius 2 is 2.00 bits per heavy atom. The predicted molar refractivity (Wildman–Crippen MR) is 61.3 cm³/mol. The van der Waals surface area contributed by atoms with E-state index in [2.05, 4.69) is 4.90 Å². The summed E-state index contributed by atoms with van der Waals surface area (Å²) in [4.78, 5) is 13.7. The Hall–Kier alpha value is -1.39. The number of likely N-dealkylation sites (tertiary alicyclic amines) is 1. The van der Waals surface area contributed by atoms with Crippen LogP contribution in [0.25, 0.3) is 0 Å². The molecule has 3 rings (SSSR count). The summed E-state index contributed by atoms with van der Waals surface area (Å²) in [5, 5.41) is 0. The Morgan fingerprint density at radius 1 is 1.29 bits per heavy atom. The lowest BCUT2D eigenvalue weighted by molar-refractivity contribution is -0.146. The third kappa shape index (κ3) is 2.65. The third-order valence-electron chi connectivity index (χ3n) is 3.16. The minimum atomic E-state index is -0.157. The van der Waals surface area contributed by atoms with E-state index >= 15 is 0 Å². The van der Waals surface area contributed by atoms with Crippen molar-refractivity contribution in [2.75, 3.05) is 19.6 Å². The maximum Gasteiger partial charge on any atom is 0.320 e. The highest BCUT2D eigenvalue weighted by Crippen LogP contribution is 2.30. The second kappa shape index (κ2) is 4.47. The minimum absolute atomic E-state index is 0.157. The highest BCUT2D eigenvalue weighted by Gasteiger charge is 2.47. The van der Waals surface area contributed by atoms with Crippen LogP contribution in [0.2, 0.25) is 0 Å². The predicted octanol–water partition coefficient (Wildman–Crippen LogP) is 0.813. The summed E-state index contributed by atoms with van der Waals surface area (Å²) in [5.41, 5.74) is 1.02. The molecule has 0 saturated carbocycles. The van der Waals surface area contributed by atoms with Crippen molar-refractivity contribution in [3.05, 3.63) is 35.9 Å². The van der Waals surface area contributed by atoms with Crippen LogP contribution in [0.15, 0.2) is 30.3 Å². The van der Waals surface area contributed by atoms with Gasteiger partial charge in [0.2, 0.25) is 0 Å². The Kier molecular flexibility index (Phi) is 2.82. The number of hydrogen-bond donors (Lipinski definition) is 0. The molecule has 0 spiro atoms. The molecular formula is C13H15NO3. The molecule has 0 amide bonds. The van der Waals surface area contributed by atoms with Crippen molar-refractivity contribution in [3.8, 4) is 0 Å². The molecule has 1 aromatic rings. The highest BCUT2D eigenvalue weighted by molar-refractivity contribution is 5.71. The van der Waals surface area contributed by atoms with Crippen molar-refractivity contribution in [3.63, 3.8) is 0 Å². The van der Waals surface area contributed by atoms with Crippen LogP contribution >= 0.6 is 0 Å². The average molecular weight is 233 g/mol. The molecular weight excluding hydrogens is 218 g/mol. The molecule has 0 N–H and O–H groups in total. The Bertz CT molecular complexity index is 396. The number of nitrogens with zero attached hydrogens (tertiary/aromatic N) is 1. The molecule has 90 valence electrons. The second-order valence-corrected chi connectivity index (χ2v) is 4.55. The maximum atomic E-state index is 11.6. The van der Waals surface area contributed by atoms with E-state index in [0.29, 0.717) is 25.4 Å². The summed E-state index contributed by atoms with van der Waals surface area (Å²) >= 11 is 0. The molecule has 2 fully saturated rings. The van der Waals surface area contributed by atoms with Crippen molar-refractivity contribution < 1.29 is 14.3 Å².